The summed E-state index contributed by atoms with van der Waals surface area (Å²) in [5.41, 5.74) is 6.83. The van der Waals surface area contributed by atoms with E-state index in [0.717, 1.165) is 42.1 Å². The lowest BCUT2D eigenvalue weighted by molar-refractivity contribution is -0.605. The van der Waals surface area contributed by atoms with Gasteiger partial charge in [0.15, 0.2) is 19.0 Å². The van der Waals surface area contributed by atoms with Crippen LogP contribution in [0.3, 0.4) is 0 Å². The van der Waals surface area contributed by atoms with Crippen molar-refractivity contribution in [3.63, 3.8) is 0 Å². The molecule has 1 aliphatic rings. The molecule has 0 atom stereocenters. The Morgan fingerprint density at radius 2 is 2.00 bits per heavy atom. The van der Waals surface area contributed by atoms with Crippen molar-refractivity contribution < 1.29 is 23.9 Å². The number of nitrogens with two attached hydrogens (primary N) is 1. The number of aromatic nitrogens is 1. The molecule has 3 rings (SSSR count). The van der Waals surface area contributed by atoms with Crippen molar-refractivity contribution in [1.29, 1.82) is 0 Å². The molecule has 0 fully saturated rings. The molecule has 25 heavy (non-hydrogen) atoms. The maximum absolute atomic E-state index is 12.0. The first-order valence-corrected chi connectivity index (χ1v) is 8.37. The highest BCUT2D eigenvalue weighted by Gasteiger charge is 2.26. The van der Waals surface area contributed by atoms with Gasteiger partial charge in [-0.05, 0) is 24.8 Å². The number of thiophene rings is 1. The van der Waals surface area contributed by atoms with Crippen LogP contribution in [0.4, 0.5) is 5.00 Å². The maximum atomic E-state index is 12.0. The van der Waals surface area contributed by atoms with Crippen LogP contribution in [0.5, 0.6) is 0 Å². The third kappa shape index (κ3) is 3.61. The molecule has 0 unspecified atom stereocenters. The van der Waals surface area contributed by atoms with Crippen molar-refractivity contribution in [2.24, 2.45) is 5.73 Å². The molecule has 8 nitrogen and oxygen atoms in total. The van der Waals surface area contributed by atoms with Crippen LogP contribution in [0.15, 0.2) is 24.5 Å². The molecular weight excluding hydrogens is 346 g/mol. The summed E-state index contributed by atoms with van der Waals surface area (Å²) >= 11 is 1.33. The molecule has 2 aromatic rings. The highest BCUT2D eigenvalue weighted by atomic mass is 32.1. The molecule has 0 spiro atoms. The van der Waals surface area contributed by atoms with Crippen LogP contribution in [0.2, 0.25) is 0 Å². The first kappa shape index (κ1) is 16.9. The molecule has 0 aromatic carbocycles. The Bertz CT molecular complexity index is 844. The number of primary amides is 1. The van der Waals surface area contributed by atoms with E-state index in [4.69, 9.17) is 10.5 Å². The van der Waals surface area contributed by atoms with Crippen LogP contribution >= 0.6 is 11.3 Å². The number of fused-ring (bicyclic) bond motifs is 1. The van der Waals surface area contributed by atoms with Gasteiger partial charge in [-0.3, -0.25) is 9.59 Å². The summed E-state index contributed by atoms with van der Waals surface area (Å²) in [6, 6.07) is 2.59. The molecule has 0 aliphatic heterocycles. The van der Waals surface area contributed by atoms with Gasteiger partial charge in [-0.1, -0.05) is 0 Å². The summed E-state index contributed by atoms with van der Waals surface area (Å²) in [6.45, 7) is -0.508. The number of aryl methyl sites for hydroxylation is 1. The van der Waals surface area contributed by atoms with E-state index < -0.39 is 24.4 Å². The lowest BCUT2D eigenvalue weighted by Gasteiger charge is -2.07. The van der Waals surface area contributed by atoms with Crippen molar-refractivity contribution in [2.45, 2.75) is 19.3 Å². The minimum Gasteiger partial charge on any atom is -0.619 e. The van der Waals surface area contributed by atoms with Gasteiger partial charge in [0.1, 0.15) is 5.00 Å². The molecule has 0 radical (unpaired) electrons. The first-order valence-electron chi connectivity index (χ1n) is 7.56. The van der Waals surface area contributed by atoms with Gasteiger partial charge < -0.3 is 21.0 Å². The summed E-state index contributed by atoms with van der Waals surface area (Å²) < 4.78 is 5.44. The van der Waals surface area contributed by atoms with Crippen molar-refractivity contribution >= 4 is 34.1 Å². The summed E-state index contributed by atoms with van der Waals surface area (Å²) in [7, 11) is 0. The number of rotatable bonds is 5. The number of carbonyl (C=O) groups is 3. The monoisotopic (exact) mass is 361 g/mol. The average Bonchev–Trinajstić information content (AvgIpc) is 3.13. The molecule has 2 heterocycles. The Balaban J connectivity index is 1.63. The lowest BCUT2D eigenvalue weighted by atomic mass is 10.1. The largest absolute Gasteiger partial charge is 0.619 e. The van der Waals surface area contributed by atoms with Crippen LogP contribution < -0.4 is 15.8 Å². The molecule has 2 amide bonds. The summed E-state index contributed by atoms with van der Waals surface area (Å²) in [4.78, 5) is 36.6. The van der Waals surface area contributed by atoms with Crippen LogP contribution in [0.25, 0.3) is 0 Å². The predicted octanol–water partition coefficient (Wildman–Crippen LogP) is 0.765. The first-order chi connectivity index (χ1) is 12.0. The number of nitrogens with zero attached hydrogens (tertiary/aromatic N) is 1. The topological polar surface area (TPSA) is 125 Å². The standard InChI is InChI=1S/C16H15N3O5S/c17-14(21)13-10-2-1-3-11(10)25-15(13)18-12(20)8-24-16(22)9-4-6-19(23)7-5-9/h4-7H,1-3,8H2,(H2,17,21)(H,18,20). The summed E-state index contributed by atoms with van der Waals surface area (Å²) in [6.07, 6.45) is 4.90. The van der Waals surface area contributed by atoms with Crippen LogP contribution in [0.1, 0.15) is 37.6 Å². The van der Waals surface area contributed by atoms with Gasteiger partial charge in [0.05, 0.1) is 11.1 Å². The molecule has 2 aromatic heterocycles. The van der Waals surface area contributed by atoms with Gasteiger partial charge in [0, 0.05) is 17.0 Å². The molecule has 130 valence electrons. The number of amides is 2. The quantitative estimate of drug-likeness (QED) is 0.462. The third-order valence-corrected chi connectivity index (χ3v) is 5.00. The second kappa shape index (κ2) is 6.89. The van der Waals surface area contributed by atoms with Crippen LogP contribution in [0, 0.1) is 5.21 Å². The van der Waals surface area contributed by atoms with E-state index in [-0.39, 0.29) is 5.56 Å². The Morgan fingerprint density at radius 3 is 2.68 bits per heavy atom. The van der Waals surface area contributed by atoms with Crippen LogP contribution in [-0.2, 0) is 22.4 Å². The van der Waals surface area contributed by atoms with Crippen molar-refractivity contribution in [1.82, 2.24) is 0 Å². The molecule has 0 bridgehead atoms. The highest BCUT2D eigenvalue weighted by molar-refractivity contribution is 7.17. The van der Waals surface area contributed by atoms with Gasteiger partial charge in [-0.15, -0.1) is 11.3 Å². The minimum absolute atomic E-state index is 0.160. The predicted molar refractivity (Wildman–Crippen MR) is 89.2 cm³/mol. The zero-order valence-corrected chi connectivity index (χ0v) is 13.9. The second-order valence-corrected chi connectivity index (χ2v) is 6.60. The average molecular weight is 361 g/mol. The van der Waals surface area contributed by atoms with Crippen molar-refractivity contribution in [3.8, 4) is 0 Å². The molecule has 3 N–H and O–H groups in total. The SMILES string of the molecule is NC(=O)c1c(NC(=O)COC(=O)c2cc[n+]([O-])cc2)sc2c1CCC2. The molecule has 9 heteroatoms. The molecule has 1 aliphatic carbocycles. The number of pyridine rings is 1. The second-order valence-electron chi connectivity index (χ2n) is 5.50. The summed E-state index contributed by atoms with van der Waals surface area (Å²) in [5.74, 6) is -1.87. The number of ether oxygens (including phenoxy) is 1. The van der Waals surface area contributed by atoms with E-state index >= 15 is 0 Å². The lowest BCUT2D eigenvalue weighted by Crippen LogP contribution is -2.25. The van der Waals surface area contributed by atoms with Gasteiger partial charge >= 0.3 is 5.97 Å². The number of carbonyl (C=O) groups excluding carboxylic acids is 3. The Morgan fingerprint density at radius 1 is 1.28 bits per heavy atom. The fourth-order valence-corrected chi connectivity index (χ4v) is 3.99. The Kier molecular flexibility index (Phi) is 4.66. The number of hydrogen-bond donors (Lipinski definition) is 2. The number of nitrogens with one attached hydrogen (secondary N) is 1. The smallest absolute Gasteiger partial charge is 0.339 e. The van der Waals surface area contributed by atoms with Gasteiger partial charge in [0.25, 0.3) is 11.8 Å². The van der Waals surface area contributed by atoms with E-state index in [1.807, 2.05) is 0 Å². The van der Waals surface area contributed by atoms with Gasteiger partial charge in [0.2, 0.25) is 0 Å². The van der Waals surface area contributed by atoms with Crippen molar-refractivity contribution in [2.75, 3.05) is 11.9 Å². The molecule has 0 saturated carbocycles. The van der Waals surface area contributed by atoms with E-state index in [9.17, 15) is 19.6 Å². The zero-order chi connectivity index (χ0) is 18.0. The number of anilines is 1. The molecular formula is C16H15N3O5S. The summed E-state index contributed by atoms with van der Waals surface area (Å²) in [5, 5.41) is 13.9. The van der Waals surface area contributed by atoms with Gasteiger partial charge in [-0.25, -0.2) is 4.79 Å². The number of hydrogen-bond acceptors (Lipinski definition) is 6. The van der Waals surface area contributed by atoms with E-state index in [0.29, 0.717) is 15.3 Å². The van der Waals surface area contributed by atoms with E-state index in [1.54, 1.807) is 0 Å². The maximum Gasteiger partial charge on any atom is 0.339 e. The normalized spacial score (nSPS) is 12.5. The van der Waals surface area contributed by atoms with Crippen LogP contribution in [-0.4, -0.2) is 24.4 Å². The third-order valence-electron chi connectivity index (χ3n) is 3.79. The van der Waals surface area contributed by atoms with Gasteiger partial charge in [-0.2, -0.15) is 4.73 Å². The minimum atomic E-state index is -0.723. The fourth-order valence-electron chi connectivity index (χ4n) is 2.68. The Labute approximate surface area is 146 Å². The highest BCUT2D eigenvalue weighted by Crippen LogP contribution is 2.38. The fraction of sp³-hybridized carbons (Fsp3) is 0.250. The zero-order valence-electron chi connectivity index (χ0n) is 13.1. The molecule has 0 saturated heterocycles. The van der Waals surface area contributed by atoms with E-state index in [1.165, 1.54) is 23.5 Å². The Hall–Kier alpha value is -2.94. The van der Waals surface area contributed by atoms with Crippen molar-refractivity contribution in [3.05, 3.63) is 51.3 Å². The van der Waals surface area contributed by atoms with E-state index in [2.05, 4.69) is 5.32 Å². The number of esters is 1.